The lowest BCUT2D eigenvalue weighted by atomic mass is 10.2. The first-order chi connectivity index (χ1) is 8.94. The molecule has 0 atom stereocenters. The number of hydrogen-bond donors (Lipinski definition) is 3. The molecule has 0 radical (unpaired) electrons. The second-order valence-corrected chi connectivity index (χ2v) is 4.63. The molecule has 0 aliphatic rings. The third-order valence-corrected chi connectivity index (χ3v) is 2.36. The quantitative estimate of drug-likeness (QED) is 0.800. The van der Waals surface area contributed by atoms with Crippen molar-refractivity contribution in [3.05, 3.63) is 23.5 Å². The Kier molecular flexibility index (Phi) is 3.71. The molecular weight excluding hydrogens is 268 g/mol. The lowest BCUT2D eigenvalue weighted by Gasteiger charge is -2.09. The van der Waals surface area contributed by atoms with Gasteiger partial charge in [0.25, 0.3) is 0 Å². The largest absolute Gasteiger partial charge is 0.508 e. The molecule has 1 aromatic carbocycles. The van der Waals surface area contributed by atoms with Gasteiger partial charge in [-0.25, -0.2) is 0 Å². The van der Waals surface area contributed by atoms with E-state index in [0.29, 0.717) is 11.5 Å². The SMILES string of the molecule is CC(C)Nc1nc(Cl)nc(-c2cc(O)cc(O)c2)n1. The zero-order chi connectivity index (χ0) is 14.0. The number of halogens is 1. The topological polar surface area (TPSA) is 91.2 Å². The van der Waals surface area contributed by atoms with Crippen molar-refractivity contribution in [2.75, 3.05) is 5.32 Å². The van der Waals surface area contributed by atoms with Gasteiger partial charge in [0.1, 0.15) is 11.5 Å². The van der Waals surface area contributed by atoms with Gasteiger partial charge in [-0.3, -0.25) is 0 Å². The maximum atomic E-state index is 9.46. The average molecular weight is 281 g/mol. The van der Waals surface area contributed by atoms with Crippen LogP contribution in [-0.4, -0.2) is 31.2 Å². The Bertz CT molecular complexity index is 584. The second kappa shape index (κ2) is 5.27. The minimum Gasteiger partial charge on any atom is -0.508 e. The van der Waals surface area contributed by atoms with Crippen molar-refractivity contribution in [3.8, 4) is 22.9 Å². The second-order valence-electron chi connectivity index (χ2n) is 4.29. The summed E-state index contributed by atoms with van der Waals surface area (Å²) < 4.78 is 0. The number of phenolic OH excluding ortho intramolecular Hbond substituents is 2. The van der Waals surface area contributed by atoms with Crippen molar-refractivity contribution in [1.29, 1.82) is 0 Å². The van der Waals surface area contributed by atoms with E-state index in [1.54, 1.807) is 0 Å². The Labute approximate surface area is 115 Å². The van der Waals surface area contributed by atoms with E-state index in [1.165, 1.54) is 18.2 Å². The Balaban J connectivity index is 2.46. The molecule has 0 amide bonds. The molecular formula is C12H13ClN4O2. The monoisotopic (exact) mass is 280 g/mol. The number of hydrogen-bond acceptors (Lipinski definition) is 6. The molecule has 2 aromatic rings. The van der Waals surface area contributed by atoms with E-state index >= 15 is 0 Å². The van der Waals surface area contributed by atoms with Crippen LogP contribution >= 0.6 is 11.6 Å². The summed E-state index contributed by atoms with van der Waals surface area (Å²) >= 11 is 5.84. The van der Waals surface area contributed by atoms with Gasteiger partial charge in [0.2, 0.25) is 11.2 Å². The zero-order valence-electron chi connectivity index (χ0n) is 10.4. The fourth-order valence-electron chi connectivity index (χ4n) is 1.53. The number of rotatable bonds is 3. The molecule has 0 bridgehead atoms. The van der Waals surface area contributed by atoms with Crippen LogP contribution in [0.4, 0.5) is 5.95 Å². The van der Waals surface area contributed by atoms with Crippen LogP contribution in [0.5, 0.6) is 11.5 Å². The van der Waals surface area contributed by atoms with E-state index in [-0.39, 0.29) is 28.6 Å². The molecule has 0 aliphatic heterocycles. The molecule has 0 aliphatic carbocycles. The summed E-state index contributed by atoms with van der Waals surface area (Å²) in [6.07, 6.45) is 0. The molecule has 0 saturated carbocycles. The summed E-state index contributed by atoms with van der Waals surface area (Å²) in [5.41, 5.74) is 0.452. The Morgan fingerprint density at radius 1 is 1.05 bits per heavy atom. The highest BCUT2D eigenvalue weighted by Gasteiger charge is 2.10. The summed E-state index contributed by atoms with van der Waals surface area (Å²) in [5, 5.41) is 22.0. The highest BCUT2D eigenvalue weighted by molar-refractivity contribution is 6.28. The lowest BCUT2D eigenvalue weighted by molar-refractivity contribution is 0.451. The van der Waals surface area contributed by atoms with Gasteiger partial charge in [-0.1, -0.05) is 0 Å². The summed E-state index contributed by atoms with van der Waals surface area (Å²) in [4.78, 5) is 12.1. The maximum Gasteiger partial charge on any atom is 0.227 e. The summed E-state index contributed by atoms with van der Waals surface area (Å²) in [6.45, 7) is 3.88. The number of aromatic hydroxyl groups is 2. The molecule has 0 unspecified atom stereocenters. The highest BCUT2D eigenvalue weighted by atomic mass is 35.5. The van der Waals surface area contributed by atoms with E-state index in [1.807, 2.05) is 13.8 Å². The Morgan fingerprint density at radius 2 is 1.68 bits per heavy atom. The van der Waals surface area contributed by atoms with Gasteiger partial charge in [-0.2, -0.15) is 15.0 Å². The molecule has 0 fully saturated rings. The van der Waals surface area contributed by atoms with Crippen LogP contribution < -0.4 is 5.32 Å². The summed E-state index contributed by atoms with van der Waals surface area (Å²) in [7, 11) is 0. The van der Waals surface area contributed by atoms with E-state index < -0.39 is 0 Å². The van der Waals surface area contributed by atoms with Crippen LogP contribution in [0.1, 0.15) is 13.8 Å². The molecule has 3 N–H and O–H groups in total. The minimum atomic E-state index is -0.0788. The molecule has 7 heteroatoms. The summed E-state index contributed by atoms with van der Waals surface area (Å²) in [6, 6.07) is 4.23. The zero-order valence-corrected chi connectivity index (χ0v) is 11.2. The molecule has 6 nitrogen and oxygen atoms in total. The van der Waals surface area contributed by atoms with Gasteiger partial charge in [-0.05, 0) is 37.6 Å². The van der Waals surface area contributed by atoms with Crippen molar-refractivity contribution in [3.63, 3.8) is 0 Å². The average Bonchev–Trinajstić information content (AvgIpc) is 2.25. The predicted octanol–water partition coefficient (Wildman–Crippen LogP) is 2.42. The van der Waals surface area contributed by atoms with Crippen LogP contribution in [0.3, 0.4) is 0 Å². The normalized spacial score (nSPS) is 10.7. The van der Waals surface area contributed by atoms with Crippen LogP contribution in [0.2, 0.25) is 5.28 Å². The van der Waals surface area contributed by atoms with Crippen molar-refractivity contribution >= 4 is 17.5 Å². The van der Waals surface area contributed by atoms with Crippen molar-refractivity contribution in [2.24, 2.45) is 0 Å². The number of anilines is 1. The van der Waals surface area contributed by atoms with Crippen LogP contribution in [0.25, 0.3) is 11.4 Å². The van der Waals surface area contributed by atoms with Gasteiger partial charge < -0.3 is 15.5 Å². The molecule has 100 valence electrons. The minimum absolute atomic E-state index is 0.0379. The highest BCUT2D eigenvalue weighted by Crippen LogP contribution is 2.27. The van der Waals surface area contributed by atoms with Crippen LogP contribution in [0.15, 0.2) is 18.2 Å². The molecule has 1 heterocycles. The van der Waals surface area contributed by atoms with Gasteiger partial charge in [-0.15, -0.1) is 0 Å². The predicted molar refractivity (Wildman–Crippen MR) is 72.4 cm³/mol. The van der Waals surface area contributed by atoms with Gasteiger partial charge in [0.05, 0.1) is 0 Å². The van der Waals surface area contributed by atoms with Gasteiger partial charge in [0.15, 0.2) is 5.82 Å². The van der Waals surface area contributed by atoms with E-state index in [2.05, 4.69) is 20.3 Å². The Morgan fingerprint density at radius 3 is 2.26 bits per heavy atom. The van der Waals surface area contributed by atoms with E-state index in [0.717, 1.165) is 0 Å². The van der Waals surface area contributed by atoms with Crippen LogP contribution in [0, 0.1) is 0 Å². The molecule has 2 rings (SSSR count). The fourth-order valence-corrected chi connectivity index (χ4v) is 1.69. The van der Waals surface area contributed by atoms with Gasteiger partial charge >= 0.3 is 0 Å². The first kappa shape index (κ1) is 13.4. The molecule has 0 saturated heterocycles. The lowest BCUT2D eigenvalue weighted by Crippen LogP contribution is -2.13. The van der Waals surface area contributed by atoms with E-state index in [4.69, 9.17) is 11.6 Å². The number of nitrogens with zero attached hydrogens (tertiary/aromatic N) is 3. The molecule has 0 spiro atoms. The first-order valence-electron chi connectivity index (χ1n) is 5.65. The molecule has 1 aromatic heterocycles. The standard InChI is InChI=1S/C12H13ClN4O2/c1-6(2)14-12-16-10(15-11(13)17-12)7-3-8(18)5-9(19)4-7/h3-6,18-19H,1-2H3,(H,14,15,16,17). The fraction of sp³-hybridized carbons (Fsp3) is 0.250. The first-order valence-corrected chi connectivity index (χ1v) is 6.03. The maximum absolute atomic E-state index is 9.46. The smallest absolute Gasteiger partial charge is 0.227 e. The van der Waals surface area contributed by atoms with Crippen molar-refractivity contribution < 1.29 is 10.2 Å². The third-order valence-electron chi connectivity index (χ3n) is 2.19. The number of phenols is 2. The van der Waals surface area contributed by atoms with Gasteiger partial charge in [0, 0.05) is 17.7 Å². The summed E-state index contributed by atoms with van der Waals surface area (Å²) in [5.74, 6) is 0.456. The van der Waals surface area contributed by atoms with Crippen molar-refractivity contribution in [2.45, 2.75) is 19.9 Å². The number of nitrogens with one attached hydrogen (secondary N) is 1. The van der Waals surface area contributed by atoms with Crippen LogP contribution in [-0.2, 0) is 0 Å². The Hall–Kier alpha value is -2.08. The molecule has 19 heavy (non-hydrogen) atoms. The number of aromatic nitrogens is 3. The third kappa shape index (κ3) is 3.45. The van der Waals surface area contributed by atoms with Crippen molar-refractivity contribution in [1.82, 2.24) is 15.0 Å². The number of benzene rings is 1. The van der Waals surface area contributed by atoms with E-state index in [9.17, 15) is 10.2 Å².